The third-order valence-corrected chi connectivity index (χ3v) is 2.48. The van der Waals surface area contributed by atoms with E-state index < -0.39 is 0 Å². The number of thiocarbonyl (C=S) groups is 1. The maximum absolute atomic E-state index is 5.55. The normalized spacial score (nSPS) is 10.3. The van der Waals surface area contributed by atoms with Crippen molar-refractivity contribution in [3.8, 4) is 0 Å². The summed E-state index contributed by atoms with van der Waals surface area (Å²) in [5.41, 5.74) is 6.37. The van der Waals surface area contributed by atoms with Gasteiger partial charge in [-0.15, -0.1) is 0 Å². The van der Waals surface area contributed by atoms with E-state index in [1.54, 1.807) is 19.4 Å². The summed E-state index contributed by atoms with van der Waals surface area (Å²) in [6.07, 6.45) is 2.59. The molecule has 0 atom stereocenters. The Kier molecular flexibility index (Phi) is 7.24. The van der Waals surface area contributed by atoms with E-state index in [0.29, 0.717) is 24.8 Å². The molecule has 0 amide bonds. The number of rotatable bonds is 9. The lowest BCUT2D eigenvalue weighted by molar-refractivity contribution is 0.0705. The van der Waals surface area contributed by atoms with Crippen LogP contribution >= 0.6 is 12.2 Å². The number of ether oxygens (including phenoxy) is 2. The van der Waals surface area contributed by atoms with Gasteiger partial charge in [0.2, 0.25) is 0 Å². The highest BCUT2D eigenvalue weighted by Crippen LogP contribution is 2.06. The smallest absolute Gasteiger partial charge is 0.126 e. The third kappa shape index (κ3) is 5.90. The third-order valence-electron chi connectivity index (χ3n) is 2.25. The maximum atomic E-state index is 5.55. The number of nitrogens with zero attached hydrogens (tertiary/aromatic N) is 1. The van der Waals surface area contributed by atoms with Gasteiger partial charge in [-0.25, -0.2) is 4.98 Å². The second-order valence-electron chi connectivity index (χ2n) is 3.68. The highest BCUT2D eigenvalue weighted by atomic mass is 32.1. The van der Waals surface area contributed by atoms with Crippen LogP contribution in [0.5, 0.6) is 0 Å². The number of nitrogens with one attached hydrogen (secondary N) is 1. The SMILES string of the molecule is COCCOCCCNc1cc(C(N)=S)ccn1. The van der Waals surface area contributed by atoms with E-state index in [4.69, 9.17) is 27.4 Å². The summed E-state index contributed by atoms with van der Waals surface area (Å²) in [4.78, 5) is 4.56. The Morgan fingerprint density at radius 2 is 2.28 bits per heavy atom. The first-order valence-electron chi connectivity index (χ1n) is 5.80. The highest BCUT2D eigenvalue weighted by Gasteiger charge is 1.98. The number of aromatic nitrogens is 1. The Morgan fingerprint density at radius 1 is 1.44 bits per heavy atom. The van der Waals surface area contributed by atoms with Crippen molar-refractivity contribution in [3.05, 3.63) is 23.9 Å². The summed E-state index contributed by atoms with van der Waals surface area (Å²) in [6, 6.07) is 3.63. The first kappa shape index (κ1) is 14.8. The zero-order valence-corrected chi connectivity index (χ0v) is 11.3. The predicted molar refractivity (Wildman–Crippen MR) is 75.9 cm³/mol. The van der Waals surface area contributed by atoms with Crippen LogP contribution in [0.25, 0.3) is 0 Å². The highest BCUT2D eigenvalue weighted by molar-refractivity contribution is 7.80. The molecule has 0 spiro atoms. The van der Waals surface area contributed by atoms with Crippen LogP contribution in [0, 0.1) is 0 Å². The Hall–Kier alpha value is -1.24. The molecule has 5 nitrogen and oxygen atoms in total. The molecule has 1 heterocycles. The summed E-state index contributed by atoms with van der Waals surface area (Å²) in [5.74, 6) is 0.775. The van der Waals surface area contributed by atoms with Crippen molar-refractivity contribution in [2.24, 2.45) is 5.73 Å². The quantitative estimate of drug-likeness (QED) is 0.518. The van der Waals surface area contributed by atoms with Gasteiger partial charge in [0.05, 0.1) is 13.2 Å². The summed E-state index contributed by atoms with van der Waals surface area (Å²) in [5, 5.41) is 3.19. The molecule has 0 aliphatic rings. The molecule has 0 aromatic carbocycles. The molecule has 1 rings (SSSR count). The van der Waals surface area contributed by atoms with Gasteiger partial charge in [0.25, 0.3) is 0 Å². The summed E-state index contributed by atoms with van der Waals surface area (Å²) in [7, 11) is 1.66. The molecule has 100 valence electrons. The lowest BCUT2D eigenvalue weighted by Crippen LogP contribution is -2.12. The van der Waals surface area contributed by atoms with E-state index in [0.717, 1.165) is 24.3 Å². The van der Waals surface area contributed by atoms with Gasteiger partial charge in [0.15, 0.2) is 0 Å². The predicted octanol–water partition coefficient (Wildman–Crippen LogP) is 1.18. The van der Waals surface area contributed by atoms with Crippen LogP contribution in [-0.4, -0.2) is 43.4 Å². The molecule has 0 aliphatic carbocycles. The average molecular weight is 269 g/mol. The summed E-state index contributed by atoms with van der Waals surface area (Å²) in [6.45, 7) is 2.75. The van der Waals surface area contributed by atoms with Crippen LogP contribution in [0.2, 0.25) is 0 Å². The van der Waals surface area contributed by atoms with Crippen LogP contribution in [0.15, 0.2) is 18.3 Å². The van der Waals surface area contributed by atoms with Crippen LogP contribution in [0.3, 0.4) is 0 Å². The maximum Gasteiger partial charge on any atom is 0.126 e. The van der Waals surface area contributed by atoms with Crippen molar-refractivity contribution in [1.29, 1.82) is 0 Å². The van der Waals surface area contributed by atoms with E-state index in [1.807, 2.05) is 6.07 Å². The van der Waals surface area contributed by atoms with Crippen LogP contribution in [-0.2, 0) is 9.47 Å². The number of anilines is 1. The van der Waals surface area contributed by atoms with Gasteiger partial charge < -0.3 is 20.5 Å². The number of methoxy groups -OCH3 is 1. The van der Waals surface area contributed by atoms with Crippen molar-refractivity contribution >= 4 is 23.0 Å². The van der Waals surface area contributed by atoms with Crippen LogP contribution in [0.1, 0.15) is 12.0 Å². The molecule has 0 aliphatic heterocycles. The molecule has 1 aromatic rings. The zero-order valence-electron chi connectivity index (χ0n) is 10.5. The van der Waals surface area contributed by atoms with Crippen LogP contribution < -0.4 is 11.1 Å². The Labute approximate surface area is 113 Å². The van der Waals surface area contributed by atoms with E-state index >= 15 is 0 Å². The van der Waals surface area contributed by atoms with Gasteiger partial charge in [-0.3, -0.25) is 0 Å². The Bertz CT molecular complexity index is 374. The van der Waals surface area contributed by atoms with Gasteiger partial charge in [-0.2, -0.15) is 0 Å². The van der Waals surface area contributed by atoms with Gasteiger partial charge >= 0.3 is 0 Å². The fourth-order valence-electron chi connectivity index (χ4n) is 1.32. The number of hydrogen-bond acceptors (Lipinski definition) is 5. The first-order valence-corrected chi connectivity index (χ1v) is 6.21. The fraction of sp³-hybridized carbons (Fsp3) is 0.500. The minimum atomic E-state index is 0.378. The number of hydrogen-bond donors (Lipinski definition) is 2. The largest absolute Gasteiger partial charge is 0.389 e. The van der Waals surface area contributed by atoms with Gasteiger partial charge in [-0.1, -0.05) is 12.2 Å². The van der Waals surface area contributed by atoms with E-state index in [1.165, 1.54) is 0 Å². The Balaban J connectivity index is 2.19. The topological polar surface area (TPSA) is 69.4 Å². The van der Waals surface area contributed by atoms with Crippen molar-refractivity contribution < 1.29 is 9.47 Å². The Morgan fingerprint density at radius 3 is 3.00 bits per heavy atom. The second kappa shape index (κ2) is 8.79. The first-order chi connectivity index (χ1) is 8.74. The van der Waals surface area contributed by atoms with Crippen LogP contribution in [0.4, 0.5) is 5.82 Å². The van der Waals surface area contributed by atoms with Crippen molar-refractivity contribution in [1.82, 2.24) is 4.98 Å². The van der Waals surface area contributed by atoms with E-state index in [2.05, 4.69) is 10.3 Å². The van der Waals surface area contributed by atoms with Crippen molar-refractivity contribution in [2.45, 2.75) is 6.42 Å². The molecule has 1 aromatic heterocycles. The monoisotopic (exact) mass is 269 g/mol. The molecule has 0 saturated carbocycles. The zero-order chi connectivity index (χ0) is 13.2. The molecule has 0 fully saturated rings. The molecule has 0 radical (unpaired) electrons. The fourth-order valence-corrected chi connectivity index (χ4v) is 1.44. The lowest BCUT2D eigenvalue weighted by Gasteiger charge is -2.07. The van der Waals surface area contributed by atoms with Gasteiger partial charge in [0.1, 0.15) is 10.8 Å². The molecule has 0 bridgehead atoms. The standard InChI is InChI=1S/C12H19N3O2S/c1-16-7-8-17-6-2-4-14-11-9-10(12(13)18)3-5-15-11/h3,5,9H,2,4,6-8H2,1H3,(H2,13,18)(H,14,15). The van der Waals surface area contributed by atoms with Crippen molar-refractivity contribution in [2.75, 3.05) is 38.8 Å². The minimum absolute atomic E-state index is 0.378. The van der Waals surface area contributed by atoms with E-state index in [9.17, 15) is 0 Å². The minimum Gasteiger partial charge on any atom is -0.389 e. The van der Waals surface area contributed by atoms with Crippen molar-refractivity contribution in [3.63, 3.8) is 0 Å². The number of pyridine rings is 1. The van der Waals surface area contributed by atoms with Gasteiger partial charge in [-0.05, 0) is 18.6 Å². The molecule has 18 heavy (non-hydrogen) atoms. The summed E-state index contributed by atoms with van der Waals surface area (Å²) >= 11 is 4.91. The molecule has 0 saturated heterocycles. The van der Waals surface area contributed by atoms with Gasteiger partial charge in [0, 0.05) is 32.0 Å². The molecular weight excluding hydrogens is 250 g/mol. The molecule has 0 unspecified atom stereocenters. The lowest BCUT2D eigenvalue weighted by atomic mass is 10.2. The second-order valence-corrected chi connectivity index (χ2v) is 4.12. The molecule has 3 N–H and O–H groups in total. The molecular formula is C12H19N3O2S. The number of nitrogens with two attached hydrogens (primary N) is 1. The average Bonchev–Trinajstić information content (AvgIpc) is 2.38. The van der Waals surface area contributed by atoms with E-state index in [-0.39, 0.29) is 0 Å². The summed E-state index contributed by atoms with van der Waals surface area (Å²) < 4.78 is 10.2. The molecule has 6 heteroatoms.